The molecule has 0 bridgehead atoms. The number of rotatable bonds is 5. The van der Waals surface area contributed by atoms with Crippen LogP contribution in [-0.4, -0.2) is 28.5 Å². The lowest BCUT2D eigenvalue weighted by Gasteiger charge is -2.25. The van der Waals surface area contributed by atoms with Crippen LogP contribution >= 0.6 is 11.3 Å². The lowest BCUT2D eigenvalue weighted by molar-refractivity contribution is 0.239. The summed E-state index contributed by atoms with van der Waals surface area (Å²) in [6.07, 6.45) is 0. The molecular formula is C14H19N3OS. The number of benzene rings is 1. The predicted octanol–water partition coefficient (Wildman–Crippen LogP) is 2.86. The van der Waals surface area contributed by atoms with E-state index in [0.29, 0.717) is 12.6 Å². The topological polar surface area (TPSA) is 61.8 Å². The van der Waals surface area contributed by atoms with E-state index in [1.807, 2.05) is 0 Å². The molecule has 102 valence electrons. The summed E-state index contributed by atoms with van der Waals surface area (Å²) in [6.45, 7) is 5.49. The Balaban J connectivity index is 2.21. The van der Waals surface area contributed by atoms with Gasteiger partial charge in [-0.1, -0.05) is 23.4 Å². The number of amidine groups is 1. The van der Waals surface area contributed by atoms with E-state index in [1.54, 1.807) is 11.3 Å². The number of hydrogen-bond donors (Lipinski definition) is 2. The van der Waals surface area contributed by atoms with E-state index in [0.717, 1.165) is 6.54 Å². The standard InChI is InChI=1S/C14H19N3OS/c1-10(2)17(8-14(15)16-18)7-11-9-19-13-6-4-3-5-12(11)13/h3-6,9-10,18H,7-8H2,1-2H3,(H2,15,16). The van der Waals surface area contributed by atoms with Crippen molar-refractivity contribution in [1.82, 2.24) is 4.90 Å². The summed E-state index contributed by atoms with van der Waals surface area (Å²) in [5, 5.41) is 15.2. The van der Waals surface area contributed by atoms with Crippen molar-refractivity contribution in [3.8, 4) is 0 Å². The van der Waals surface area contributed by atoms with Crippen LogP contribution in [0.2, 0.25) is 0 Å². The maximum absolute atomic E-state index is 8.70. The summed E-state index contributed by atoms with van der Waals surface area (Å²) in [6, 6.07) is 8.72. The van der Waals surface area contributed by atoms with Gasteiger partial charge in [-0.2, -0.15) is 0 Å². The van der Waals surface area contributed by atoms with Crippen molar-refractivity contribution in [2.75, 3.05) is 6.54 Å². The van der Waals surface area contributed by atoms with Crippen molar-refractivity contribution in [1.29, 1.82) is 0 Å². The van der Waals surface area contributed by atoms with Crippen LogP contribution in [0.4, 0.5) is 0 Å². The molecule has 0 atom stereocenters. The third kappa shape index (κ3) is 3.24. The Morgan fingerprint density at radius 1 is 1.42 bits per heavy atom. The Morgan fingerprint density at radius 3 is 2.84 bits per heavy atom. The van der Waals surface area contributed by atoms with Gasteiger partial charge in [-0.3, -0.25) is 4.90 Å². The molecule has 0 aliphatic carbocycles. The Hall–Kier alpha value is -1.59. The highest BCUT2D eigenvalue weighted by Gasteiger charge is 2.14. The lowest BCUT2D eigenvalue weighted by atomic mass is 10.1. The number of nitrogens with zero attached hydrogens (tertiary/aromatic N) is 2. The Kier molecular flexibility index (Phi) is 4.39. The number of thiophene rings is 1. The Morgan fingerprint density at radius 2 is 2.16 bits per heavy atom. The maximum atomic E-state index is 8.70. The van der Waals surface area contributed by atoms with Gasteiger partial charge in [-0.25, -0.2) is 0 Å². The number of nitrogens with two attached hydrogens (primary N) is 1. The zero-order valence-corrected chi connectivity index (χ0v) is 12.0. The van der Waals surface area contributed by atoms with Gasteiger partial charge in [0.25, 0.3) is 0 Å². The van der Waals surface area contributed by atoms with Crippen molar-refractivity contribution >= 4 is 27.3 Å². The van der Waals surface area contributed by atoms with Gasteiger partial charge in [-0.05, 0) is 36.2 Å². The summed E-state index contributed by atoms with van der Waals surface area (Å²) < 4.78 is 1.30. The highest BCUT2D eigenvalue weighted by atomic mass is 32.1. The third-order valence-corrected chi connectivity index (χ3v) is 4.17. The van der Waals surface area contributed by atoms with E-state index < -0.39 is 0 Å². The molecule has 4 nitrogen and oxygen atoms in total. The first-order chi connectivity index (χ1) is 9.11. The van der Waals surface area contributed by atoms with Crippen LogP contribution in [0.15, 0.2) is 34.8 Å². The van der Waals surface area contributed by atoms with Crippen LogP contribution in [-0.2, 0) is 6.54 Å². The summed E-state index contributed by atoms with van der Waals surface area (Å²) in [4.78, 5) is 2.18. The molecule has 5 heteroatoms. The molecule has 3 N–H and O–H groups in total. The van der Waals surface area contributed by atoms with E-state index >= 15 is 0 Å². The minimum absolute atomic E-state index is 0.244. The van der Waals surface area contributed by atoms with E-state index in [2.05, 4.69) is 53.5 Å². The van der Waals surface area contributed by atoms with Gasteiger partial charge in [0.15, 0.2) is 5.84 Å². The van der Waals surface area contributed by atoms with Crippen molar-refractivity contribution in [2.45, 2.75) is 26.4 Å². The lowest BCUT2D eigenvalue weighted by Crippen LogP contribution is -2.38. The van der Waals surface area contributed by atoms with Crippen LogP contribution in [0.5, 0.6) is 0 Å². The van der Waals surface area contributed by atoms with Gasteiger partial charge in [0.1, 0.15) is 0 Å². The smallest absolute Gasteiger partial charge is 0.153 e. The second-order valence-electron chi connectivity index (χ2n) is 4.85. The molecule has 1 aromatic heterocycles. The molecule has 1 heterocycles. The van der Waals surface area contributed by atoms with Gasteiger partial charge in [-0.15, -0.1) is 11.3 Å². The molecule has 0 radical (unpaired) electrons. The van der Waals surface area contributed by atoms with E-state index in [4.69, 9.17) is 10.9 Å². The first kappa shape index (κ1) is 13.8. The van der Waals surface area contributed by atoms with Crippen LogP contribution in [0.25, 0.3) is 10.1 Å². The number of fused-ring (bicyclic) bond motifs is 1. The van der Waals surface area contributed by atoms with Crippen molar-refractivity contribution in [3.05, 3.63) is 35.2 Å². The average molecular weight is 277 g/mol. The molecule has 0 saturated carbocycles. The molecule has 1 aromatic carbocycles. The summed E-state index contributed by atoms with van der Waals surface area (Å²) in [5.74, 6) is 0.244. The molecule has 0 fully saturated rings. The van der Waals surface area contributed by atoms with Gasteiger partial charge in [0.05, 0.1) is 6.54 Å². The third-order valence-electron chi connectivity index (χ3n) is 3.16. The van der Waals surface area contributed by atoms with Crippen molar-refractivity contribution in [2.24, 2.45) is 10.9 Å². The van der Waals surface area contributed by atoms with Crippen LogP contribution in [0.1, 0.15) is 19.4 Å². The molecule has 0 amide bonds. The summed E-state index contributed by atoms with van der Waals surface area (Å²) in [5.41, 5.74) is 6.91. The highest BCUT2D eigenvalue weighted by Crippen LogP contribution is 2.27. The number of oxime groups is 1. The van der Waals surface area contributed by atoms with Gasteiger partial charge in [0, 0.05) is 17.3 Å². The molecule has 2 aromatic rings. The van der Waals surface area contributed by atoms with E-state index in [-0.39, 0.29) is 5.84 Å². The monoisotopic (exact) mass is 277 g/mol. The van der Waals surface area contributed by atoms with Crippen LogP contribution in [0, 0.1) is 0 Å². The van der Waals surface area contributed by atoms with Crippen molar-refractivity contribution < 1.29 is 5.21 Å². The first-order valence-electron chi connectivity index (χ1n) is 6.27. The average Bonchev–Trinajstić information content (AvgIpc) is 2.81. The molecule has 0 spiro atoms. The van der Waals surface area contributed by atoms with E-state index in [1.165, 1.54) is 15.6 Å². The fraction of sp³-hybridized carbons (Fsp3) is 0.357. The summed E-state index contributed by atoms with van der Waals surface area (Å²) in [7, 11) is 0. The Labute approximate surface area is 117 Å². The molecule has 0 aliphatic heterocycles. The quantitative estimate of drug-likeness (QED) is 0.382. The Bertz CT molecular complexity index is 577. The fourth-order valence-electron chi connectivity index (χ4n) is 2.03. The highest BCUT2D eigenvalue weighted by molar-refractivity contribution is 7.17. The molecule has 0 saturated heterocycles. The molecular weight excluding hydrogens is 258 g/mol. The molecule has 0 unspecified atom stereocenters. The van der Waals surface area contributed by atoms with Crippen LogP contribution < -0.4 is 5.73 Å². The largest absolute Gasteiger partial charge is 0.409 e. The van der Waals surface area contributed by atoms with E-state index in [9.17, 15) is 0 Å². The first-order valence-corrected chi connectivity index (χ1v) is 7.15. The second-order valence-corrected chi connectivity index (χ2v) is 5.76. The normalized spacial score (nSPS) is 12.7. The molecule has 19 heavy (non-hydrogen) atoms. The number of hydrogen-bond acceptors (Lipinski definition) is 4. The van der Waals surface area contributed by atoms with Gasteiger partial charge < -0.3 is 10.9 Å². The van der Waals surface area contributed by atoms with Crippen molar-refractivity contribution in [3.63, 3.8) is 0 Å². The zero-order chi connectivity index (χ0) is 13.8. The van der Waals surface area contributed by atoms with Crippen LogP contribution in [0.3, 0.4) is 0 Å². The minimum atomic E-state index is 0.244. The predicted molar refractivity (Wildman–Crippen MR) is 80.8 cm³/mol. The molecule has 0 aliphatic rings. The van der Waals surface area contributed by atoms with Gasteiger partial charge >= 0.3 is 0 Å². The summed E-state index contributed by atoms with van der Waals surface area (Å²) >= 11 is 1.75. The maximum Gasteiger partial charge on any atom is 0.153 e. The van der Waals surface area contributed by atoms with Gasteiger partial charge in [0.2, 0.25) is 0 Å². The SMILES string of the molecule is CC(C)N(CC(N)=NO)Cc1csc2ccccc12. The minimum Gasteiger partial charge on any atom is -0.409 e. The molecule has 2 rings (SSSR count). The zero-order valence-electron chi connectivity index (χ0n) is 11.2. The fourth-order valence-corrected chi connectivity index (χ4v) is 2.99. The second kappa shape index (κ2) is 6.04.